The molecule has 0 aromatic rings. The van der Waals surface area contributed by atoms with Crippen LogP contribution >= 0.6 is 0 Å². The molecule has 15 heavy (non-hydrogen) atoms. The lowest BCUT2D eigenvalue weighted by Crippen LogP contribution is -2.54. The van der Waals surface area contributed by atoms with Crippen LogP contribution in [0.1, 0.15) is 46.0 Å². The van der Waals surface area contributed by atoms with Gasteiger partial charge in [0.2, 0.25) is 0 Å². The van der Waals surface area contributed by atoms with E-state index >= 15 is 0 Å². The fraction of sp³-hybridized carbons (Fsp3) is 1.00. The molecule has 1 unspecified atom stereocenters. The van der Waals surface area contributed by atoms with Crippen LogP contribution in [0.15, 0.2) is 0 Å². The van der Waals surface area contributed by atoms with Crippen molar-refractivity contribution < 1.29 is 0 Å². The zero-order valence-electron chi connectivity index (χ0n) is 10.3. The first-order valence-corrected chi connectivity index (χ1v) is 6.59. The molecule has 1 aliphatic carbocycles. The van der Waals surface area contributed by atoms with E-state index in [0.717, 1.165) is 18.4 Å². The third-order valence-corrected chi connectivity index (χ3v) is 4.41. The van der Waals surface area contributed by atoms with Crippen LogP contribution in [-0.4, -0.2) is 30.1 Å². The van der Waals surface area contributed by atoms with Gasteiger partial charge in [-0.25, -0.2) is 0 Å². The van der Waals surface area contributed by atoms with Crippen LogP contribution < -0.4 is 5.73 Å². The van der Waals surface area contributed by atoms with E-state index in [1.807, 2.05) is 0 Å². The fourth-order valence-electron chi connectivity index (χ4n) is 2.83. The van der Waals surface area contributed by atoms with Crippen molar-refractivity contribution in [2.24, 2.45) is 17.6 Å². The van der Waals surface area contributed by atoms with Crippen molar-refractivity contribution in [2.75, 3.05) is 19.6 Å². The van der Waals surface area contributed by atoms with Crippen molar-refractivity contribution in [2.45, 2.75) is 51.5 Å². The van der Waals surface area contributed by atoms with E-state index in [1.165, 1.54) is 45.2 Å². The average Bonchev–Trinajstić information content (AvgIpc) is 3.02. The number of hydrogen-bond acceptors (Lipinski definition) is 2. The van der Waals surface area contributed by atoms with Gasteiger partial charge in [-0.1, -0.05) is 19.8 Å². The lowest BCUT2D eigenvalue weighted by Gasteiger charge is -2.44. The molecule has 2 fully saturated rings. The Balaban J connectivity index is 1.91. The van der Waals surface area contributed by atoms with Crippen LogP contribution in [0.2, 0.25) is 0 Å². The minimum Gasteiger partial charge on any atom is -0.329 e. The highest BCUT2D eigenvalue weighted by Gasteiger charge is 2.37. The summed E-state index contributed by atoms with van der Waals surface area (Å²) >= 11 is 0. The fourth-order valence-corrected chi connectivity index (χ4v) is 2.83. The molecular formula is C13H26N2. The van der Waals surface area contributed by atoms with Crippen LogP contribution in [0.25, 0.3) is 0 Å². The lowest BCUT2D eigenvalue weighted by molar-refractivity contribution is 0.0601. The molecule has 2 heteroatoms. The molecule has 1 saturated carbocycles. The molecule has 0 spiro atoms. The Morgan fingerprint density at radius 2 is 1.80 bits per heavy atom. The Morgan fingerprint density at radius 3 is 2.27 bits per heavy atom. The number of nitrogens with zero attached hydrogens (tertiary/aromatic N) is 1. The van der Waals surface area contributed by atoms with Crippen molar-refractivity contribution in [1.82, 2.24) is 4.90 Å². The third kappa shape index (κ3) is 2.73. The Morgan fingerprint density at radius 1 is 1.20 bits per heavy atom. The van der Waals surface area contributed by atoms with E-state index in [2.05, 4.69) is 18.7 Å². The van der Waals surface area contributed by atoms with Crippen molar-refractivity contribution >= 4 is 0 Å². The molecule has 0 aromatic carbocycles. The molecule has 2 N–H and O–H groups in total. The highest BCUT2D eigenvalue weighted by Crippen LogP contribution is 2.39. The highest BCUT2D eigenvalue weighted by atomic mass is 15.2. The summed E-state index contributed by atoms with van der Waals surface area (Å²) in [6, 6.07) is 0. The molecule has 1 atom stereocenters. The second-order valence-electron chi connectivity index (χ2n) is 6.02. The number of nitrogens with two attached hydrogens (primary N) is 1. The van der Waals surface area contributed by atoms with Gasteiger partial charge in [0.25, 0.3) is 0 Å². The quantitative estimate of drug-likeness (QED) is 0.771. The van der Waals surface area contributed by atoms with Crippen LogP contribution in [-0.2, 0) is 0 Å². The summed E-state index contributed by atoms with van der Waals surface area (Å²) in [4.78, 5) is 2.66. The average molecular weight is 210 g/mol. The van der Waals surface area contributed by atoms with Gasteiger partial charge in [-0.3, -0.25) is 4.90 Å². The maximum absolute atomic E-state index is 6.01. The van der Waals surface area contributed by atoms with E-state index in [1.54, 1.807) is 0 Å². The van der Waals surface area contributed by atoms with Crippen molar-refractivity contribution in [1.29, 1.82) is 0 Å². The number of rotatable bonds is 4. The summed E-state index contributed by atoms with van der Waals surface area (Å²) in [5, 5.41) is 0. The van der Waals surface area contributed by atoms with Gasteiger partial charge in [-0.05, 0) is 51.1 Å². The largest absolute Gasteiger partial charge is 0.329 e. The second kappa shape index (κ2) is 4.42. The van der Waals surface area contributed by atoms with E-state index in [0.29, 0.717) is 5.54 Å². The van der Waals surface area contributed by atoms with E-state index in [4.69, 9.17) is 5.73 Å². The normalized spacial score (nSPS) is 29.0. The summed E-state index contributed by atoms with van der Waals surface area (Å²) < 4.78 is 0. The summed E-state index contributed by atoms with van der Waals surface area (Å²) in [6.45, 7) is 8.11. The van der Waals surface area contributed by atoms with Gasteiger partial charge in [0.05, 0.1) is 0 Å². The Kier molecular flexibility index (Phi) is 3.36. The third-order valence-electron chi connectivity index (χ3n) is 4.41. The van der Waals surface area contributed by atoms with Gasteiger partial charge in [-0.2, -0.15) is 0 Å². The summed E-state index contributed by atoms with van der Waals surface area (Å²) in [6.07, 6.45) is 6.94. The van der Waals surface area contributed by atoms with E-state index < -0.39 is 0 Å². The molecule has 88 valence electrons. The number of likely N-dealkylation sites (tertiary alicyclic amines) is 1. The zero-order chi connectivity index (χ0) is 10.9. The van der Waals surface area contributed by atoms with Gasteiger partial charge in [-0.15, -0.1) is 0 Å². The zero-order valence-corrected chi connectivity index (χ0v) is 10.3. The smallest absolute Gasteiger partial charge is 0.0306 e. The first-order chi connectivity index (χ1) is 7.14. The first-order valence-electron chi connectivity index (χ1n) is 6.59. The summed E-state index contributed by atoms with van der Waals surface area (Å²) in [5.41, 5.74) is 6.30. The first kappa shape index (κ1) is 11.4. The van der Waals surface area contributed by atoms with Crippen LogP contribution in [0.3, 0.4) is 0 Å². The minimum absolute atomic E-state index is 0.293. The SMILES string of the molecule is CC1CCN(C(C)(CN)CC2CC2)CC1. The summed E-state index contributed by atoms with van der Waals surface area (Å²) in [5.74, 6) is 1.90. The number of hydrogen-bond donors (Lipinski definition) is 1. The standard InChI is InChI=1S/C13H26N2/c1-11-5-7-15(8-6-11)13(2,10-14)9-12-3-4-12/h11-12H,3-10,14H2,1-2H3. The van der Waals surface area contributed by atoms with Crippen LogP contribution in [0, 0.1) is 11.8 Å². The van der Waals surface area contributed by atoms with Crippen molar-refractivity contribution in [3.05, 3.63) is 0 Å². The van der Waals surface area contributed by atoms with Crippen molar-refractivity contribution in [3.8, 4) is 0 Å². The molecular weight excluding hydrogens is 184 g/mol. The topological polar surface area (TPSA) is 29.3 Å². The highest BCUT2D eigenvalue weighted by molar-refractivity contribution is 4.94. The molecule has 2 rings (SSSR count). The number of piperidine rings is 1. The second-order valence-corrected chi connectivity index (χ2v) is 6.02. The van der Waals surface area contributed by atoms with Crippen LogP contribution in [0.5, 0.6) is 0 Å². The Hall–Kier alpha value is -0.0800. The van der Waals surface area contributed by atoms with Crippen LogP contribution in [0.4, 0.5) is 0 Å². The Labute approximate surface area is 94.2 Å². The van der Waals surface area contributed by atoms with Gasteiger partial charge in [0, 0.05) is 12.1 Å². The molecule has 0 radical (unpaired) electrons. The monoisotopic (exact) mass is 210 g/mol. The van der Waals surface area contributed by atoms with Gasteiger partial charge in [0.1, 0.15) is 0 Å². The van der Waals surface area contributed by atoms with Gasteiger partial charge in [0.15, 0.2) is 0 Å². The molecule has 0 aromatic heterocycles. The molecule has 2 nitrogen and oxygen atoms in total. The molecule has 1 saturated heterocycles. The predicted octanol–water partition coefficient (Wildman–Crippen LogP) is 2.24. The lowest BCUT2D eigenvalue weighted by atomic mass is 9.88. The molecule has 0 amide bonds. The molecule has 1 aliphatic heterocycles. The maximum atomic E-state index is 6.01. The van der Waals surface area contributed by atoms with E-state index in [9.17, 15) is 0 Å². The van der Waals surface area contributed by atoms with E-state index in [-0.39, 0.29) is 0 Å². The maximum Gasteiger partial charge on any atom is 0.0306 e. The van der Waals surface area contributed by atoms with Gasteiger partial charge >= 0.3 is 0 Å². The van der Waals surface area contributed by atoms with Crippen molar-refractivity contribution in [3.63, 3.8) is 0 Å². The molecule has 1 heterocycles. The molecule has 2 aliphatic rings. The van der Waals surface area contributed by atoms with Gasteiger partial charge < -0.3 is 5.73 Å². The summed E-state index contributed by atoms with van der Waals surface area (Å²) in [7, 11) is 0. The minimum atomic E-state index is 0.293. The predicted molar refractivity (Wildman–Crippen MR) is 64.8 cm³/mol. The Bertz CT molecular complexity index is 205. The molecule has 0 bridgehead atoms.